The van der Waals surface area contributed by atoms with Crippen molar-refractivity contribution in [2.24, 2.45) is 0 Å². The van der Waals surface area contributed by atoms with E-state index in [0.717, 1.165) is 17.9 Å². The van der Waals surface area contributed by atoms with E-state index in [0.29, 0.717) is 0 Å². The van der Waals surface area contributed by atoms with Gasteiger partial charge in [-0.3, -0.25) is 0 Å². The van der Waals surface area contributed by atoms with Gasteiger partial charge >= 0.3 is 0 Å². The highest BCUT2D eigenvalue weighted by Gasteiger charge is 2.34. The van der Waals surface area contributed by atoms with Crippen LogP contribution in [-0.2, 0) is 0 Å². The Bertz CT molecular complexity index is 333. The number of rotatable bonds is 1. The Morgan fingerprint density at radius 1 is 1.23 bits per heavy atom. The van der Waals surface area contributed by atoms with Crippen molar-refractivity contribution in [1.82, 2.24) is 0 Å². The smallest absolute Gasteiger partial charge is 0.248 e. The van der Waals surface area contributed by atoms with Crippen LogP contribution in [0.4, 0.5) is 0 Å². The average molecular weight is 178 g/mol. The molecule has 1 aliphatic rings. The second-order valence-corrected chi connectivity index (χ2v) is 3.64. The molecule has 0 fully saturated rings. The number of hydrogen-bond acceptors (Lipinski definition) is 2. The summed E-state index contributed by atoms with van der Waals surface area (Å²) in [5.41, 5.74) is 1.20. The van der Waals surface area contributed by atoms with Crippen LogP contribution >= 0.6 is 0 Å². The fourth-order valence-corrected chi connectivity index (χ4v) is 1.41. The van der Waals surface area contributed by atoms with Gasteiger partial charge in [-0.1, -0.05) is 13.0 Å². The summed E-state index contributed by atoms with van der Waals surface area (Å²) in [5, 5.41) is 0. The molecule has 1 heterocycles. The van der Waals surface area contributed by atoms with Crippen molar-refractivity contribution in [3.63, 3.8) is 0 Å². The Labute approximate surface area is 78.5 Å². The summed E-state index contributed by atoms with van der Waals surface area (Å²) in [5.74, 6) is 1.26. The van der Waals surface area contributed by atoms with Gasteiger partial charge in [-0.2, -0.15) is 0 Å². The molecule has 0 spiro atoms. The SMILES string of the molecule is CCC1(C)Oc2ccc(C)cc2O1. The van der Waals surface area contributed by atoms with Gasteiger partial charge in [0, 0.05) is 13.3 Å². The molecule has 1 aromatic carbocycles. The molecule has 0 bridgehead atoms. The first-order valence-corrected chi connectivity index (χ1v) is 4.62. The van der Waals surface area contributed by atoms with Gasteiger partial charge in [-0.05, 0) is 24.6 Å². The monoisotopic (exact) mass is 178 g/mol. The Balaban J connectivity index is 2.35. The molecule has 0 aliphatic carbocycles. The molecule has 1 atom stereocenters. The van der Waals surface area contributed by atoms with E-state index in [2.05, 4.69) is 6.92 Å². The van der Waals surface area contributed by atoms with E-state index < -0.39 is 5.79 Å². The lowest BCUT2D eigenvalue weighted by molar-refractivity contribution is -0.0640. The first-order chi connectivity index (χ1) is 6.13. The third kappa shape index (κ3) is 1.37. The van der Waals surface area contributed by atoms with Gasteiger partial charge in [-0.15, -0.1) is 0 Å². The normalized spacial score (nSPS) is 24.8. The maximum absolute atomic E-state index is 5.70. The molecular weight excluding hydrogens is 164 g/mol. The molecular formula is C11H14O2. The Morgan fingerprint density at radius 2 is 1.92 bits per heavy atom. The minimum Gasteiger partial charge on any atom is -0.449 e. The molecule has 0 saturated carbocycles. The van der Waals surface area contributed by atoms with E-state index in [9.17, 15) is 0 Å². The van der Waals surface area contributed by atoms with E-state index in [-0.39, 0.29) is 0 Å². The fourth-order valence-electron chi connectivity index (χ4n) is 1.41. The van der Waals surface area contributed by atoms with Crippen LogP contribution in [-0.4, -0.2) is 5.79 Å². The standard InChI is InChI=1S/C11H14O2/c1-4-11(3)12-9-6-5-8(2)7-10(9)13-11/h5-7H,4H2,1-3H3. The van der Waals surface area contributed by atoms with Crippen LogP contribution in [0.3, 0.4) is 0 Å². The summed E-state index contributed by atoms with van der Waals surface area (Å²) in [7, 11) is 0. The minimum absolute atomic E-state index is 0.462. The van der Waals surface area contributed by atoms with Crippen LogP contribution < -0.4 is 9.47 Å². The van der Waals surface area contributed by atoms with Gasteiger partial charge in [0.1, 0.15) is 0 Å². The lowest BCUT2D eigenvalue weighted by Crippen LogP contribution is -2.33. The van der Waals surface area contributed by atoms with Crippen molar-refractivity contribution in [1.29, 1.82) is 0 Å². The zero-order valence-electron chi connectivity index (χ0n) is 8.26. The number of benzene rings is 1. The van der Waals surface area contributed by atoms with Crippen molar-refractivity contribution < 1.29 is 9.47 Å². The number of aryl methyl sites for hydroxylation is 1. The summed E-state index contributed by atoms with van der Waals surface area (Å²) < 4.78 is 11.4. The number of hydrogen-bond donors (Lipinski definition) is 0. The van der Waals surface area contributed by atoms with E-state index in [1.165, 1.54) is 5.56 Å². The maximum Gasteiger partial charge on any atom is 0.248 e. The lowest BCUT2D eigenvalue weighted by atomic mass is 10.2. The van der Waals surface area contributed by atoms with Crippen molar-refractivity contribution >= 4 is 0 Å². The summed E-state index contributed by atoms with van der Waals surface area (Å²) in [6.45, 7) is 6.06. The van der Waals surface area contributed by atoms with Gasteiger partial charge in [0.25, 0.3) is 0 Å². The summed E-state index contributed by atoms with van der Waals surface area (Å²) >= 11 is 0. The summed E-state index contributed by atoms with van der Waals surface area (Å²) in [4.78, 5) is 0. The van der Waals surface area contributed by atoms with Crippen LogP contribution in [0.5, 0.6) is 11.5 Å². The molecule has 70 valence electrons. The van der Waals surface area contributed by atoms with Crippen molar-refractivity contribution in [2.75, 3.05) is 0 Å². The molecule has 1 unspecified atom stereocenters. The van der Waals surface area contributed by atoms with Gasteiger partial charge in [0.15, 0.2) is 11.5 Å². The van der Waals surface area contributed by atoms with E-state index >= 15 is 0 Å². The third-order valence-corrected chi connectivity index (χ3v) is 2.39. The molecule has 2 rings (SSSR count). The van der Waals surface area contributed by atoms with Gasteiger partial charge < -0.3 is 9.47 Å². The molecule has 13 heavy (non-hydrogen) atoms. The van der Waals surface area contributed by atoms with Crippen molar-refractivity contribution in [2.45, 2.75) is 33.0 Å². The van der Waals surface area contributed by atoms with Crippen molar-refractivity contribution in [3.8, 4) is 11.5 Å². The molecule has 0 amide bonds. The molecule has 1 aliphatic heterocycles. The van der Waals surface area contributed by atoms with Crippen LogP contribution in [0.2, 0.25) is 0 Å². The predicted molar refractivity (Wildman–Crippen MR) is 51.1 cm³/mol. The van der Waals surface area contributed by atoms with Crippen LogP contribution in [0.1, 0.15) is 25.8 Å². The molecule has 0 aromatic heterocycles. The Morgan fingerprint density at radius 3 is 2.62 bits per heavy atom. The third-order valence-electron chi connectivity index (χ3n) is 2.39. The van der Waals surface area contributed by atoms with Crippen LogP contribution in [0.25, 0.3) is 0 Å². The van der Waals surface area contributed by atoms with Gasteiger partial charge in [0.05, 0.1) is 0 Å². The minimum atomic E-state index is -0.462. The molecule has 2 nitrogen and oxygen atoms in total. The molecule has 0 N–H and O–H groups in total. The first kappa shape index (κ1) is 8.42. The maximum atomic E-state index is 5.70. The van der Waals surface area contributed by atoms with Crippen LogP contribution in [0, 0.1) is 6.92 Å². The molecule has 2 heteroatoms. The highest BCUT2D eigenvalue weighted by molar-refractivity contribution is 5.45. The van der Waals surface area contributed by atoms with E-state index in [4.69, 9.17) is 9.47 Å². The number of ether oxygens (including phenoxy) is 2. The summed E-state index contributed by atoms with van der Waals surface area (Å²) in [6.07, 6.45) is 0.848. The average Bonchev–Trinajstić information content (AvgIpc) is 2.42. The Hall–Kier alpha value is -1.18. The first-order valence-electron chi connectivity index (χ1n) is 4.62. The van der Waals surface area contributed by atoms with E-state index in [1.807, 2.05) is 32.0 Å². The zero-order valence-corrected chi connectivity index (χ0v) is 8.26. The molecule has 0 radical (unpaired) electrons. The molecule has 0 saturated heterocycles. The highest BCUT2D eigenvalue weighted by Crippen LogP contribution is 2.40. The quantitative estimate of drug-likeness (QED) is 0.658. The Kier molecular flexibility index (Phi) is 1.72. The molecule has 1 aromatic rings. The predicted octanol–water partition coefficient (Wildman–Crippen LogP) is 2.89. The van der Waals surface area contributed by atoms with Crippen molar-refractivity contribution in [3.05, 3.63) is 23.8 Å². The summed E-state index contributed by atoms with van der Waals surface area (Å²) in [6, 6.07) is 6.01. The second kappa shape index (κ2) is 2.66. The van der Waals surface area contributed by atoms with E-state index in [1.54, 1.807) is 0 Å². The highest BCUT2D eigenvalue weighted by atomic mass is 16.7. The van der Waals surface area contributed by atoms with Crippen LogP contribution in [0.15, 0.2) is 18.2 Å². The largest absolute Gasteiger partial charge is 0.449 e. The lowest BCUT2D eigenvalue weighted by Gasteiger charge is -2.20. The zero-order chi connectivity index (χ0) is 9.47. The van der Waals surface area contributed by atoms with Gasteiger partial charge in [0.2, 0.25) is 5.79 Å². The fraction of sp³-hybridized carbons (Fsp3) is 0.455. The van der Waals surface area contributed by atoms with Gasteiger partial charge in [-0.25, -0.2) is 0 Å². The number of fused-ring (bicyclic) bond motifs is 1. The second-order valence-electron chi connectivity index (χ2n) is 3.64. The topological polar surface area (TPSA) is 18.5 Å².